The third-order valence-corrected chi connectivity index (χ3v) is 25.5. The van der Waals surface area contributed by atoms with Gasteiger partial charge in [-0.3, -0.25) is 0 Å². The van der Waals surface area contributed by atoms with Gasteiger partial charge < -0.3 is 0 Å². The van der Waals surface area contributed by atoms with Gasteiger partial charge in [0.2, 0.25) is 0 Å². The van der Waals surface area contributed by atoms with E-state index >= 15 is 0 Å². The Morgan fingerprint density at radius 3 is 2.04 bits per heavy atom. The fraction of sp³-hybridized carbons (Fsp3) is 0.923. The minimum absolute atomic E-state index is 0. The van der Waals surface area contributed by atoms with E-state index in [1.807, 2.05) is 0 Å². The Bertz CT molecular complexity index is 350. The molecular weight excluding hydrogens is 682 g/mol. The van der Waals surface area contributed by atoms with Crippen molar-refractivity contribution in [3.63, 3.8) is 0 Å². The molecule has 0 rings (SSSR count). The number of hydrogen-bond donors (Lipinski definition) is 2. The molecule has 0 atom stereocenters. The van der Waals surface area contributed by atoms with Gasteiger partial charge in [0.1, 0.15) is 0 Å². The van der Waals surface area contributed by atoms with Gasteiger partial charge in [0.15, 0.2) is 0 Å². The smallest absolute Gasteiger partial charge is 0 e. The van der Waals surface area contributed by atoms with Crippen LogP contribution < -0.4 is 0 Å². The Morgan fingerprint density at radius 2 is 1.65 bits per heavy atom. The molecule has 0 fully saturated rings. The summed E-state index contributed by atoms with van der Waals surface area (Å²) in [5.41, 5.74) is 0. The van der Waals surface area contributed by atoms with Crippen LogP contribution >= 0.6 is 19.0 Å². The Hall–Kier alpha value is -0.526. The van der Waals surface area contributed by atoms with Crippen molar-refractivity contribution in [2.45, 2.75) is 57.0 Å². The van der Waals surface area contributed by atoms with Gasteiger partial charge in [0.25, 0.3) is 0 Å². The van der Waals surface area contributed by atoms with Crippen molar-refractivity contribution in [1.82, 2.24) is 0 Å². The normalized spacial score (nSPS) is 13.1. The van der Waals surface area contributed by atoms with Crippen LogP contribution in [0.5, 0.6) is 0 Å². The molecular formula is C13H31CmIO6Si2. The van der Waals surface area contributed by atoms with Crippen LogP contribution in [0.15, 0.2) is 0 Å². The first kappa shape index (κ1) is 24.7. The number of carbonyl (C=O) groups is 1. The first-order valence-corrected chi connectivity index (χ1v) is 19.5. The summed E-state index contributed by atoms with van der Waals surface area (Å²) in [4.78, 5) is 11.4. The number of ether oxygens (including phenoxy) is 2. The Kier molecular flexibility index (Phi) is 11.1. The summed E-state index contributed by atoms with van der Waals surface area (Å²) in [5, 5.41) is 19.4. The molecule has 0 aliphatic heterocycles. The topological polar surface area (TPSA) is 85.2 Å². The van der Waals surface area contributed by atoms with Crippen LogP contribution in [-0.2, 0) is 18.4 Å². The van der Waals surface area contributed by atoms with E-state index in [0.717, 1.165) is 0 Å². The summed E-state index contributed by atoms with van der Waals surface area (Å²) in [5.74, 6) is -2.51. The van der Waals surface area contributed by atoms with Crippen molar-refractivity contribution in [1.29, 1.82) is 0 Å². The van der Waals surface area contributed by atoms with E-state index in [0.29, 0.717) is 11.0 Å². The van der Waals surface area contributed by atoms with Crippen LogP contribution in [0.25, 0.3) is 0 Å². The van der Waals surface area contributed by atoms with Gasteiger partial charge in [-0.05, 0) is 0 Å². The first-order valence-electron chi connectivity index (χ1n) is 7.33. The quantitative estimate of drug-likeness (QED) is 0.0689. The molecule has 0 saturated heterocycles. The maximum atomic E-state index is 11.4. The molecule has 0 aromatic rings. The van der Waals surface area contributed by atoms with Crippen LogP contribution in [0, 0.1) is 0 Å². The second-order valence-electron chi connectivity index (χ2n) is 6.57. The van der Waals surface area contributed by atoms with Crippen molar-refractivity contribution in [2.75, 3.05) is 17.6 Å². The summed E-state index contributed by atoms with van der Waals surface area (Å²) < 4.78 is 15.9. The molecule has 0 radical (unpaired) electrons. The summed E-state index contributed by atoms with van der Waals surface area (Å²) in [7, 11) is -1.72. The maximum absolute atomic E-state index is 11.4. The molecule has 0 heterocycles. The number of aliphatic hydroxyl groups is 2. The molecule has 0 aliphatic carbocycles. The monoisotopic (exact) mass is 709 g/mol. The molecule has 0 spiro atoms. The number of halogens is 1. The third kappa shape index (κ3) is 11.6. The zero-order valence-corrected chi connectivity index (χ0v) is 22.1. The fourth-order valence-electron chi connectivity index (χ4n) is 1.93. The SMILES string of the molecule is CC(C)OC(=O)COCCI(C(O)O)[Si](C)(C)O[Si](C)(C)C.[Cm]. The number of hydrogen-bond acceptors (Lipinski definition) is 6. The number of alkyl halides is 2. The summed E-state index contributed by atoms with van der Waals surface area (Å²) >= 11 is -2.12. The van der Waals surface area contributed by atoms with Crippen molar-refractivity contribution in [2.24, 2.45) is 0 Å². The molecule has 0 saturated carbocycles. The number of rotatable bonds is 10. The van der Waals surface area contributed by atoms with Crippen LogP contribution in [0.1, 0.15) is 13.8 Å². The number of esters is 1. The predicted octanol–water partition coefficient (Wildman–Crippen LogP) is 2.28. The zero-order chi connectivity index (χ0) is 17.6. The Labute approximate surface area is 142 Å². The van der Waals surface area contributed by atoms with Crippen molar-refractivity contribution in [3.05, 3.63) is 0 Å². The molecule has 142 valence electrons. The molecule has 23 heavy (non-hydrogen) atoms. The second kappa shape index (κ2) is 10.4. The molecule has 0 bridgehead atoms. The van der Waals surface area contributed by atoms with Crippen LogP contribution in [0.2, 0.25) is 32.7 Å². The van der Waals surface area contributed by atoms with Crippen LogP contribution in [0.4, 0.5) is 0 Å². The van der Waals surface area contributed by atoms with Crippen LogP contribution in [0.3, 0.4) is 0 Å². The fourth-order valence-corrected chi connectivity index (χ4v) is 27.3. The van der Waals surface area contributed by atoms with E-state index in [9.17, 15) is 15.0 Å². The van der Waals surface area contributed by atoms with E-state index in [1.165, 1.54) is 0 Å². The second-order valence-corrected chi connectivity index (χ2v) is 29.8. The van der Waals surface area contributed by atoms with E-state index in [-0.39, 0.29) is 12.7 Å². The average Bonchev–Trinajstić information content (AvgIpc) is 2.22. The third-order valence-electron chi connectivity index (χ3n) is 2.38. The molecule has 0 amide bonds. The maximum Gasteiger partial charge on any atom is 0 e. The molecule has 6 nitrogen and oxygen atoms in total. The van der Waals surface area contributed by atoms with E-state index in [1.54, 1.807) is 13.8 Å². The Morgan fingerprint density at radius 1 is 1.13 bits per heavy atom. The summed E-state index contributed by atoms with van der Waals surface area (Å²) in [6, 6.07) is 0. The zero-order valence-electron chi connectivity index (χ0n) is 15.0. The number of aliphatic hydroxyl groups excluding tert-OH is 1. The van der Waals surface area contributed by atoms with Crippen molar-refractivity contribution >= 4 is 39.1 Å². The van der Waals surface area contributed by atoms with E-state index in [2.05, 4.69) is 32.7 Å². The molecule has 10 heteroatoms. The van der Waals surface area contributed by atoms with Crippen molar-refractivity contribution in [3.8, 4) is 0 Å². The average molecular weight is 713 g/mol. The van der Waals surface area contributed by atoms with Gasteiger partial charge >= 0.3 is 142 Å². The summed E-state index contributed by atoms with van der Waals surface area (Å²) in [6.07, 6.45) is -0.157. The first-order chi connectivity index (χ1) is 9.85. The van der Waals surface area contributed by atoms with Gasteiger partial charge in [-0.25, -0.2) is 0 Å². The van der Waals surface area contributed by atoms with Gasteiger partial charge in [-0.15, -0.1) is 0 Å². The van der Waals surface area contributed by atoms with Gasteiger partial charge in [-0.1, -0.05) is 0 Å². The van der Waals surface area contributed by atoms with Gasteiger partial charge in [0.05, 0.1) is 0 Å². The molecule has 0 aromatic carbocycles. The summed E-state index contributed by atoms with van der Waals surface area (Å²) in [6.45, 7) is 14.2. The largest absolute Gasteiger partial charge is 0 e. The molecule has 0 unspecified atom stereocenters. The van der Waals surface area contributed by atoms with Crippen molar-refractivity contribution < 1.29 is 28.6 Å². The predicted molar refractivity (Wildman–Crippen MR) is 101 cm³/mol. The minimum Gasteiger partial charge on any atom is 0 e. The standard InChI is InChI=1S/C13H31IO6Si2.Cm/c1-11(2)19-12(15)10-18-9-8-14(13(16)17)22(6,7)20-21(3,4)5;/h11,13,16-17H,8-10H2,1-7H3;. The number of carbonyl (C=O) groups excluding carboxylic acids is 1. The minimum atomic E-state index is -2.12. The molecule has 2 N–H and O–H groups in total. The van der Waals surface area contributed by atoms with Gasteiger partial charge in [-0.2, -0.15) is 0 Å². The molecule has 0 aliphatic rings. The van der Waals surface area contributed by atoms with Gasteiger partial charge in [0, 0.05) is 0 Å². The molecule has 0 aromatic heterocycles. The van der Waals surface area contributed by atoms with E-state index in [4.69, 9.17) is 13.6 Å². The van der Waals surface area contributed by atoms with E-state index < -0.39 is 43.4 Å². The Balaban J connectivity index is 0. The van der Waals surface area contributed by atoms with Crippen LogP contribution in [-0.4, -0.2) is 58.4 Å².